The Morgan fingerprint density at radius 2 is 1.85 bits per heavy atom. The molecular weight excluding hydrogens is 440 g/mol. The Hall–Kier alpha value is -4.03. The molecule has 172 valence electrons. The van der Waals surface area contributed by atoms with Crippen LogP contribution in [-0.2, 0) is 0 Å². The number of pyridine rings is 1. The molecule has 4 aromatic rings. The smallest absolute Gasteiger partial charge is 0.191 e. The van der Waals surface area contributed by atoms with Crippen LogP contribution in [0, 0.1) is 23.0 Å². The van der Waals surface area contributed by atoms with E-state index >= 15 is 8.78 Å². The number of rotatable bonds is 4. The first-order chi connectivity index (χ1) is 16.3. The van der Waals surface area contributed by atoms with Crippen molar-refractivity contribution in [1.29, 1.82) is 5.26 Å². The highest BCUT2D eigenvalue weighted by atomic mass is 19.1. The van der Waals surface area contributed by atoms with Crippen molar-refractivity contribution in [2.45, 2.75) is 31.4 Å². The van der Waals surface area contributed by atoms with E-state index in [2.05, 4.69) is 10.1 Å². The van der Waals surface area contributed by atoms with Crippen LogP contribution >= 0.6 is 0 Å². The van der Waals surface area contributed by atoms with Crippen molar-refractivity contribution in [3.8, 4) is 34.3 Å². The minimum atomic E-state index is -0.831. The lowest BCUT2D eigenvalue weighted by atomic mass is 9.77. The molecule has 0 atom stereocenters. The zero-order valence-corrected chi connectivity index (χ0v) is 18.5. The maximum absolute atomic E-state index is 15.9. The molecule has 1 fully saturated rings. The Labute approximate surface area is 194 Å². The Balaban J connectivity index is 1.72. The molecule has 34 heavy (non-hydrogen) atoms. The van der Waals surface area contributed by atoms with Gasteiger partial charge in [0.2, 0.25) is 0 Å². The van der Waals surface area contributed by atoms with Gasteiger partial charge in [-0.1, -0.05) is 30.3 Å². The summed E-state index contributed by atoms with van der Waals surface area (Å²) in [6, 6.07) is 13.3. The van der Waals surface area contributed by atoms with Gasteiger partial charge in [-0.15, -0.1) is 0 Å². The average Bonchev–Trinajstić information content (AvgIpc) is 3.13. The number of hydrogen-bond acceptors (Lipinski definition) is 6. The van der Waals surface area contributed by atoms with Gasteiger partial charge in [-0.3, -0.25) is 0 Å². The standard InChI is InChI=1S/C25H21F2N5O2/c1-25(33)10-14(11-25)32-24(29)17(12-28)21(31-32)15-8-9-16-22(18(15)26)30-20(19(27)23(16)34-2)13-6-4-3-5-7-13/h3-9,14,33H,10-11,29H2,1-2H3. The van der Waals surface area contributed by atoms with Gasteiger partial charge >= 0.3 is 0 Å². The van der Waals surface area contributed by atoms with Gasteiger partial charge in [0, 0.05) is 16.5 Å². The van der Waals surface area contributed by atoms with E-state index in [4.69, 9.17) is 10.5 Å². The molecule has 0 aliphatic heterocycles. The molecule has 2 aromatic heterocycles. The van der Waals surface area contributed by atoms with Crippen molar-refractivity contribution in [3.05, 3.63) is 59.7 Å². The normalized spacial score (nSPS) is 19.6. The summed E-state index contributed by atoms with van der Waals surface area (Å²) in [5, 5.41) is 24.4. The molecule has 0 spiro atoms. The third kappa shape index (κ3) is 3.26. The van der Waals surface area contributed by atoms with Crippen LogP contribution < -0.4 is 10.5 Å². The Morgan fingerprint density at radius 3 is 2.47 bits per heavy atom. The number of benzene rings is 2. The lowest BCUT2D eigenvalue weighted by Crippen LogP contribution is -2.42. The second kappa shape index (κ2) is 7.78. The molecule has 9 heteroatoms. The molecule has 1 aliphatic carbocycles. The summed E-state index contributed by atoms with van der Waals surface area (Å²) in [6.45, 7) is 1.71. The number of nitriles is 1. The molecular formula is C25H21F2N5O2. The molecule has 1 aliphatic rings. The maximum Gasteiger partial charge on any atom is 0.191 e. The van der Waals surface area contributed by atoms with Crippen LogP contribution in [-0.4, -0.2) is 32.6 Å². The highest BCUT2D eigenvalue weighted by Gasteiger charge is 2.41. The third-order valence-electron chi connectivity index (χ3n) is 6.25. The Kier molecular flexibility index (Phi) is 4.99. The highest BCUT2D eigenvalue weighted by molar-refractivity contribution is 5.92. The summed E-state index contributed by atoms with van der Waals surface area (Å²) in [5.41, 5.74) is 5.75. The average molecular weight is 461 g/mol. The predicted octanol–water partition coefficient (Wildman–Crippen LogP) is 4.59. The fourth-order valence-electron chi connectivity index (χ4n) is 4.57. The van der Waals surface area contributed by atoms with Gasteiger partial charge in [-0.25, -0.2) is 18.4 Å². The minimum Gasteiger partial charge on any atom is -0.493 e. The Bertz CT molecular complexity index is 1470. The first-order valence-electron chi connectivity index (χ1n) is 10.7. The van der Waals surface area contributed by atoms with Crippen LogP contribution in [0.1, 0.15) is 31.4 Å². The summed E-state index contributed by atoms with van der Waals surface area (Å²) in [4.78, 5) is 4.29. The van der Waals surface area contributed by atoms with Crippen molar-refractivity contribution < 1.29 is 18.6 Å². The second-order valence-electron chi connectivity index (χ2n) is 8.72. The molecule has 7 nitrogen and oxygen atoms in total. The zero-order chi connectivity index (χ0) is 24.2. The van der Waals surface area contributed by atoms with Crippen molar-refractivity contribution in [1.82, 2.24) is 14.8 Å². The lowest BCUT2D eigenvalue weighted by Gasteiger charge is -2.41. The van der Waals surface area contributed by atoms with E-state index in [-0.39, 0.29) is 51.0 Å². The molecule has 0 radical (unpaired) electrons. The summed E-state index contributed by atoms with van der Waals surface area (Å²) < 4.78 is 37.8. The number of hydrogen-bond donors (Lipinski definition) is 2. The number of nitrogen functional groups attached to an aromatic ring is 1. The number of ether oxygens (including phenoxy) is 1. The molecule has 3 N–H and O–H groups in total. The third-order valence-corrected chi connectivity index (χ3v) is 6.25. The highest BCUT2D eigenvalue weighted by Crippen LogP contribution is 2.44. The SMILES string of the molecule is COc1c(F)c(-c2ccccc2)nc2c(F)c(-c3nn(C4CC(C)(O)C4)c(N)c3C#N)ccc12. The maximum atomic E-state index is 15.9. The van der Waals surface area contributed by atoms with Crippen LogP contribution in [0.25, 0.3) is 33.4 Å². The van der Waals surface area contributed by atoms with Gasteiger partial charge < -0.3 is 15.6 Å². The van der Waals surface area contributed by atoms with E-state index in [1.54, 1.807) is 37.3 Å². The van der Waals surface area contributed by atoms with E-state index < -0.39 is 17.2 Å². The number of anilines is 1. The minimum absolute atomic E-state index is 0.0146. The predicted molar refractivity (Wildman–Crippen MR) is 123 cm³/mol. The number of halogens is 2. The summed E-state index contributed by atoms with van der Waals surface area (Å²) in [5.74, 6) is -1.49. The van der Waals surface area contributed by atoms with Gasteiger partial charge in [0.15, 0.2) is 17.4 Å². The summed E-state index contributed by atoms with van der Waals surface area (Å²) in [7, 11) is 1.31. The topological polar surface area (TPSA) is 110 Å². The summed E-state index contributed by atoms with van der Waals surface area (Å²) >= 11 is 0. The molecule has 2 aromatic carbocycles. The summed E-state index contributed by atoms with van der Waals surface area (Å²) in [6.07, 6.45) is 0.837. The van der Waals surface area contributed by atoms with E-state index in [1.807, 2.05) is 6.07 Å². The van der Waals surface area contributed by atoms with E-state index in [1.165, 1.54) is 23.9 Å². The van der Waals surface area contributed by atoms with Crippen LogP contribution in [0.3, 0.4) is 0 Å². The van der Waals surface area contributed by atoms with E-state index in [0.717, 1.165) is 0 Å². The molecule has 0 bridgehead atoms. The van der Waals surface area contributed by atoms with Crippen LogP contribution in [0.2, 0.25) is 0 Å². The van der Waals surface area contributed by atoms with Crippen molar-refractivity contribution in [3.63, 3.8) is 0 Å². The largest absolute Gasteiger partial charge is 0.493 e. The van der Waals surface area contributed by atoms with Gasteiger partial charge in [-0.2, -0.15) is 10.4 Å². The van der Waals surface area contributed by atoms with Gasteiger partial charge in [0.1, 0.15) is 34.4 Å². The molecule has 1 saturated carbocycles. The van der Waals surface area contributed by atoms with Gasteiger partial charge in [-0.05, 0) is 31.9 Å². The fourth-order valence-corrected chi connectivity index (χ4v) is 4.57. The van der Waals surface area contributed by atoms with E-state index in [9.17, 15) is 10.4 Å². The van der Waals surface area contributed by atoms with E-state index in [0.29, 0.717) is 18.4 Å². The number of aliphatic hydroxyl groups is 1. The van der Waals surface area contributed by atoms with Gasteiger partial charge in [0.05, 0.1) is 18.8 Å². The number of methoxy groups -OCH3 is 1. The zero-order valence-electron chi connectivity index (χ0n) is 18.5. The first-order valence-corrected chi connectivity index (χ1v) is 10.7. The first kappa shape index (κ1) is 21.8. The van der Waals surface area contributed by atoms with Crippen LogP contribution in [0.15, 0.2) is 42.5 Å². The van der Waals surface area contributed by atoms with Crippen molar-refractivity contribution >= 4 is 16.7 Å². The van der Waals surface area contributed by atoms with Crippen LogP contribution in [0.4, 0.5) is 14.6 Å². The van der Waals surface area contributed by atoms with Crippen molar-refractivity contribution in [2.75, 3.05) is 12.8 Å². The second-order valence-corrected chi connectivity index (χ2v) is 8.72. The fraction of sp³-hybridized carbons (Fsp3) is 0.240. The molecule has 5 rings (SSSR count). The Morgan fingerprint density at radius 1 is 1.15 bits per heavy atom. The number of aromatic nitrogens is 3. The van der Waals surface area contributed by atoms with Crippen LogP contribution in [0.5, 0.6) is 5.75 Å². The lowest BCUT2D eigenvalue weighted by molar-refractivity contribution is -0.0535. The van der Waals surface area contributed by atoms with Gasteiger partial charge in [0.25, 0.3) is 0 Å². The quantitative estimate of drug-likeness (QED) is 0.460. The molecule has 2 heterocycles. The molecule has 0 amide bonds. The monoisotopic (exact) mass is 461 g/mol. The molecule has 0 saturated heterocycles. The number of fused-ring (bicyclic) bond motifs is 1. The number of nitrogens with zero attached hydrogens (tertiary/aromatic N) is 4. The van der Waals surface area contributed by atoms with Crippen molar-refractivity contribution in [2.24, 2.45) is 0 Å². The molecule has 0 unspecified atom stereocenters. The number of nitrogens with two attached hydrogens (primary N) is 1.